The lowest BCUT2D eigenvalue weighted by atomic mass is 10.1. The molecule has 1 aromatic carbocycles. The molecule has 1 unspecified atom stereocenters. The summed E-state index contributed by atoms with van der Waals surface area (Å²) in [4.78, 5) is 4.84. The van der Waals surface area contributed by atoms with E-state index in [0.29, 0.717) is 0 Å². The Kier molecular flexibility index (Phi) is 6.54. The van der Waals surface area contributed by atoms with E-state index >= 15 is 0 Å². The quantitative estimate of drug-likeness (QED) is 0.709. The van der Waals surface area contributed by atoms with Crippen LogP contribution in [0.15, 0.2) is 40.8 Å². The van der Waals surface area contributed by atoms with Gasteiger partial charge in [0, 0.05) is 32.3 Å². The number of likely N-dealkylation sites (tertiary alicyclic amines) is 1. The minimum Gasteiger partial charge on any atom is -0.460 e. The van der Waals surface area contributed by atoms with Crippen molar-refractivity contribution in [1.82, 2.24) is 9.80 Å². The normalized spacial score (nSPS) is 18.3. The third kappa shape index (κ3) is 5.08. The average Bonchev–Trinajstić information content (AvgIpc) is 3.23. The molecule has 1 fully saturated rings. The highest BCUT2D eigenvalue weighted by Crippen LogP contribution is 2.29. The molecule has 0 aliphatic carbocycles. The van der Waals surface area contributed by atoms with Gasteiger partial charge >= 0.3 is 0 Å². The van der Waals surface area contributed by atoms with E-state index in [0.717, 1.165) is 60.8 Å². The highest BCUT2D eigenvalue weighted by atomic mass is 35.5. The van der Waals surface area contributed by atoms with Crippen LogP contribution in [0, 0.1) is 5.92 Å². The van der Waals surface area contributed by atoms with E-state index in [9.17, 15) is 0 Å². The fourth-order valence-electron chi connectivity index (χ4n) is 3.53. The molecule has 1 aliphatic rings. The summed E-state index contributed by atoms with van der Waals surface area (Å²) in [6, 6.07) is 11.8. The van der Waals surface area contributed by atoms with Crippen molar-refractivity contribution in [2.75, 3.05) is 46.9 Å². The molecule has 0 spiro atoms. The number of hydrogen-bond acceptors (Lipinski definition) is 4. The lowest BCUT2D eigenvalue weighted by molar-refractivity contribution is 0.156. The Labute approximate surface area is 155 Å². The van der Waals surface area contributed by atoms with E-state index in [1.165, 1.54) is 13.0 Å². The first-order valence-corrected chi connectivity index (χ1v) is 9.27. The van der Waals surface area contributed by atoms with Crippen molar-refractivity contribution in [3.8, 4) is 11.3 Å². The summed E-state index contributed by atoms with van der Waals surface area (Å²) in [5.41, 5.74) is 0.947. The maximum absolute atomic E-state index is 6.25. The number of nitrogens with zero attached hydrogens (tertiary/aromatic N) is 2. The van der Waals surface area contributed by atoms with Gasteiger partial charge in [0.15, 0.2) is 0 Å². The smallest absolute Gasteiger partial charge is 0.135 e. The molecule has 1 atom stereocenters. The summed E-state index contributed by atoms with van der Waals surface area (Å²) in [6.45, 7) is 6.11. The van der Waals surface area contributed by atoms with Crippen molar-refractivity contribution in [2.45, 2.75) is 13.0 Å². The second-order valence-corrected chi connectivity index (χ2v) is 7.30. The lowest BCUT2D eigenvalue weighted by Gasteiger charge is -2.20. The van der Waals surface area contributed by atoms with Gasteiger partial charge in [0.2, 0.25) is 0 Å². The molecule has 0 bridgehead atoms. The highest BCUT2D eigenvalue weighted by molar-refractivity contribution is 6.33. The van der Waals surface area contributed by atoms with Crippen LogP contribution in [-0.4, -0.2) is 56.7 Å². The third-order valence-electron chi connectivity index (χ3n) is 4.78. The number of furan rings is 1. The topological polar surface area (TPSA) is 28.9 Å². The molecule has 0 saturated carbocycles. The molecule has 2 heterocycles. The lowest BCUT2D eigenvalue weighted by Crippen LogP contribution is -2.29. The maximum atomic E-state index is 6.25. The van der Waals surface area contributed by atoms with Gasteiger partial charge in [-0.05, 0) is 50.2 Å². The van der Waals surface area contributed by atoms with Gasteiger partial charge in [-0.15, -0.1) is 0 Å². The Morgan fingerprint density at radius 1 is 1.28 bits per heavy atom. The summed E-state index contributed by atoms with van der Waals surface area (Å²) >= 11 is 6.25. The van der Waals surface area contributed by atoms with Crippen LogP contribution in [0.5, 0.6) is 0 Å². The fraction of sp³-hybridized carbons (Fsp3) is 0.500. The summed E-state index contributed by atoms with van der Waals surface area (Å²) < 4.78 is 11.2. The Morgan fingerprint density at radius 3 is 2.92 bits per heavy atom. The molecule has 1 aromatic heterocycles. The Hall–Kier alpha value is -1.33. The van der Waals surface area contributed by atoms with Crippen molar-refractivity contribution < 1.29 is 9.15 Å². The van der Waals surface area contributed by atoms with E-state index in [1.54, 1.807) is 7.11 Å². The standard InChI is InChI=1S/C20H27ClN2O2/c1-22(13-16-9-10-23(14-16)11-12-24-2)15-17-7-8-20(25-17)18-5-3-4-6-19(18)21/h3-8,16H,9-15H2,1-2H3. The molecule has 4 nitrogen and oxygen atoms in total. The minimum absolute atomic E-state index is 0.721. The molecular weight excluding hydrogens is 336 g/mol. The molecule has 0 N–H and O–H groups in total. The third-order valence-corrected chi connectivity index (χ3v) is 5.11. The van der Waals surface area contributed by atoms with E-state index in [-0.39, 0.29) is 0 Å². The maximum Gasteiger partial charge on any atom is 0.135 e. The van der Waals surface area contributed by atoms with E-state index in [4.69, 9.17) is 20.8 Å². The predicted molar refractivity (Wildman–Crippen MR) is 102 cm³/mol. The number of hydrogen-bond donors (Lipinski definition) is 0. The second kappa shape index (κ2) is 8.86. The zero-order valence-electron chi connectivity index (χ0n) is 15.1. The fourth-order valence-corrected chi connectivity index (χ4v) is 3.75. The molecule has 5 heteroatoms. The molecule has 136 valence electrons. The number of benzene rings is 1. The van der Waals surface area contributed by atoms with Crippen LogP contribution in [0.25, 0.3) is 11.3 Å². The summed E-state index contributed by atoms with van der Waals surface area (Å²) in [6.07, 6.45) is 1.26. The van der Waals surface area contributed by atoms with Gasteiger partial charge in [-0.2, -0.15) is 0 Å². The van der Waals surface area contributed by atoms with Gasteiger partial charge in [-0.25, -0.2) is 0 Å². The SMILES string of the molecule is COCCN1CCC(CN(C)Cc2ccc(-c3ccccc3Cl)o2)C1. The largest absolute Gasteiger partial charge is 0.460 e. The first-order chi connectivity index (χ1) is 12.2. The average molecular weight is 363 g/mol. The second-order valence-electron chi connectivity index (χ2n) is 6.89. The Balaban J connectivity index is 1.51. The van der Waals surface area contributed by atoms with Crippen molar-refractivity contribution in [2.24, 2.45) is 5.92 Å². The van der Waals surface area contributed by atoms with Crippen molar-refractivity contribution in [1.29, 1.82) is 0 Å². The molecule has 2 aromatic rings. The minimum atomic E-state index is 0.721. The van der Waals surface area contributed by atoms with E-state index in [2.05, 4.69) is 22.9 Å². The molecule has 1 saturated heterocycles. The number of ether oxygens (including phenoxy) is 1. The number of halogens is 1. The Bertz CT molecular complexity index is 673. The van der Waals surface area contributed by atoms with Crippen LogP contribution in [0.2, 0.25) is 5.02 Å². The monoisotopic (exact) mass is 362 g/mol. The van der Waals surface area contributed by atoms with Gasteiger partial charge in [0.25, 0.3) is 0 Å². The van der Waals surface area contributed by atoms with Crippen LogP contribution in [-0.2, 0) is 11.3 Å². The summed E-state index contributed by atoms with van der Waals surface area (Å²) in [5.74, 6) is 2.53. The van der Waals surface area contributed by atoms with Crippen molar-refractivity contribution in [3.63, 3.8) is 0 Å². The Morgan fingerprint density at radius 2 is 2.12 bits per heavy atom. The van der Waals surface area contributed by atoms with Gasteiger partial charge in [-0.3, -0.25) is 4.90 Å². The van der Waals surface area contributed by atoms with Gasteiger partial charge < -0.3 is 14.1 Å². The van der Waals surface area contributed by atoms with Crippen molar-refractivity contribution in [3.05, 3.63) is 47.2 Å². The summed E-state index contributed by atoms with van der Waals surface area (Å²) in [7, 11) is 3.93. The van der Waals surface area contributed by atoms with Gasteiger partial charge in [0.1, 0.15) is 11.5 Å². The van der Waals surface area contributed by atoms with Gasteiger partial charge in [0.05, 0.1) is 18.2 Å². The molecule has 1 aliphatic heterocycles. The number of methoxy groups -OCH3 is 1. The summed E-state index contributed by atoms with van der Waals surface area (Å²) in [5, 5.41) is 0.721. The molecular formula is C20H27ClN2O2. The van der Waals surface area contributed by atoms with Crippen molar-refractivity contribution >= 4 is 11.6 Å². The van der Waals surface area contributed by atoms with E-state index < -0.39 is 0 Å². The van der Waals surface area contributed by atoms with Crippen LogP contribution in [0.4, 0.5) is 0 Å². The first kappa shape index (κ1) is 18.5. The number of rotatable bonds is 8. The van der Waals surface area contributed by atoms with Crippen LogP contribution in [0.1, 0.15) is 12.2 Å². The van der Waals surface area contributed by atoms with Crippen LogP contribution in [0.3, 0.4) is 0 Å². The zero-order chi connectivity index (χ0) is 17.6. The molecule has 0 amide bonds. The highest BCUT2D eigenvalue weighted by Gasteiger charge is 2.23. The molecule has 25 heavy (non-hydrogen) atoms. The van der Waals surface area contributed by atoms with Gasteiger partial charge in [-0.1, -0.05) is 23.7 Å². The molecule has 0 radical (unpaired) electrons. The van der Waals surface area contributed by atoms with Crippen LogP contribution < -0.4 is 0 Å². The predicted octanol–water partition coefficient (Wildman–Crippen LogP) is 4.00. The molecule has 3 rings (SSSR count). The zero-order valence-corrected chi connectivity index (χ0v) is 15.8. The first-order valence-electron chi connectivity index (χ1n) is 8.89. The van der Waals surface area contributed by atoms with Crippen LogP contribution >= 0.6 is 11.6 Å². The van der Waals surface area contributed by atoms with E-state index in [1.807, 2.05) is 30.3 Å².